The molecule has 9 nitrogen and oxygen atoms in total. The molecule has 4 atom stereocenters. The van der Waals surface area contributed by atoms with E-state index in [4.69, 9.17) is 16.3 Å². The number of fused-ring (bicyclic) bond motifs is 1. The van der Waals surface area contributed by atoms with E-state index in [-0.39, 0.29) is 42.0 Å². The summed E-state index contributed by atoms with van der Waals surface area (Å²) >= 11 is 5.97. The molecule has 3 N–H and O–H groups in total. The molecule has 4 rings (SSSR count). The van der Waals surface area contributed by atoms with Crippen LogP contribution in [0, 0.1) is 0 Å². The number of amides is 4. The Morgan fingerprint density at radius 2 is 2.15 bits per heavy atom. The molecule has 0 aliphatic carbocycles. The predicted octanol–water partition coefficient (Wildman–Crippen LogP) is 1.82. The van der Waals surface area contributed by atoms with Gasteiger partial charge in [0.25, 0.3) is 0 Å². The van der Waals surface area contributed by atoms with E-state index in [0.717, 1.165) is 19.4 Å². The third-order valence-corrected chi connectivity index (χ3v) is 7.02. The van der Waals surface area contributed by atoms with E-state index < -0.39 is 0 Å². The number of urea groups is 1. The Hall–Kier alpha value is -2.36. The number of hydrogen-bond acceptors (Lipinski definition) is 5. The van der Waals surface area contributed by atoms with E-state index in [1.165, 1.54) is 0 Å². The number of anilines is 1. The standard InChI is InChI=1S/C23H32ClN5O4/c1-33-14-19-6-3-9-28(19)21(30)8-7-18-12-25-22(31)20-11-17(13-29(18)20)27-23(32)26-16-5-2-4-15(24)10-16/h2,4-5,10,17-20H,3,6-9,11-14H2,1H3,(H,25,31)(H2,26,27,32)/t17-,18+,19-,20-/m0/s1. The van der Waals surface area contributed by atoms with Crippen LogP contribution in [0.25, 0.3) is 0 Å². The van der Waals surface area contributed by atoms with Crippen LogP contribution in [-0.4, -0.2) is 85.2 Å². The molecule has 0 bridgehead atoms. The summed E-state index contributed by atoms with van der Waals surface area (Å²) in [5.74, 6) is 0.134. The fourth-order valence-electron chi connectivity index (χ4n) is 5.23. The maximum Gasteiger partial charge on any atom is 0.319 e. The Morgan fingerprint density at radius 3 is 2.94 bits per heavy atom. The summed E-state index contributed by atoms with van der Waals surface area (Å²) in [7, 11) is 1.67. The monoisotopic (exact) mass is 477 g/mol. The number of piperazine rings is 1. The SMILES string of the molecule is COC[C@@H]1CCCN1C(=O)CC[C@@H]1CNC(=O)[C@@H]2C[C@H](NC(=O)Nc3cccc(Cl)c3)CN12. The molecule has 1 aromatic rings. The molecule has 0 aromatic heterocycles. The van der Waals surface area contributed by atoms with E-state index in [1.54, 1.807) is 31.4 Å². The second-order valence-corrected chi connectivity index (χ2v) is 9.47. The van der Waals surface area contributed by atoms with Gasteiger partial charge in [-0.3, -0.25) is 14.5 Å². The number of halogens is 1. The Balaban J connectivity index is 1.30. The third-order valence-electron chi connectivity index (χ3n) is 6.79. The van der Waals surface area contributed by atoms with Gasteiger partial charge >= 0.3 is 6.03 Å². The van der Waals surface area contributed by atoms with Crippen LogP contribution in [0.1, 0.15) is 32.1 Å². The average Bonchev–Trinajstić information content (AvgIpc) is 3.41. The minimum Gasteiger partial charge on any atom is -0.383 e. The Kier molecular flexibility index (Phi) is 7.72. The third kappa shape index (κ3) is 5.77. The highest BCUT2D eigenvalue weighted by Crippen LogP contribution is 2.27. The van der Waals surface area contributed by atoms with Crippen molar-refractivity contribution in [2.24, 2.45) is 0 Å². The molecule has 4 amide bonds. The average molecular weight is 478 g/mol. The van der Waals surface area contributed by atoms with Crippen molar-refractivity contribution >= 4 is 35.1 Å². The first-order chi connectivity index (χ1) is 15.9. The summed E-state index contributed by atoms with van der Waals surface area (Å²) in [6.45, 7) is 2.46. The molecular weight excluding hydrogens is 446 g/mol. The Bertz CT molecular complexity index is 884. The van der Waals surface area contributed by atoms with Crippen LogP contribution < -0.4 is 16.0 Å². The van der Waals surface area contributed by atoms with Crippen molar-refractivity contribution < 1.29 is 19.1 Å². The summed E-state index contributed by atoms with van der Waals surface area (Å²) in [5, 5.41) is 9.28. The normalized spacial score (nSPS) is 27.2. The van der Waals surface area contributed by atoms with E-state index in [0.29, 0.717) is 49.7 Å². The van der Waals surface area contributed by atoms with Crippen molar-refractivity contribution in [3.05, 3.63) is 29.3 Å². The van der Waals surface area contributed by atoms with Gasteiger partial charge < -0.3 is 25.6 Å². The minimum absolute atomic E-state index is 0.0168. The number of methoxy groups -OCH3 is 1. The zero-order valence-electron chi connectivity index (χ0n) is 18.9. The summed E-state index contributed by atoms with van der Waals surface area (Å²) in [5.41, 5.74) is 0.610. The number of nitrogens with zero attached hydrogens (tertiary/aromatic N) is 2. The molecule has 0 unspecified atom stereocenters. The predicted molar refractivity (Wildman–Crippen MR) is 125 cm³/mol. The van der Waals surface area contributed by atoms with Gasteiger partial charge in [-0.2, -0.15) is 0 Å². The minimum atomic E-state index is -0.326. The number of rotatable bonds is 7. The molecule has 180 valence electrons. The van der Waals surface area contributed by atoms with E-state index >= 15 is 0 Å². The van der Waals surface area contributed by atoms with E-state index in [1.807, 2.05) is 4.90 Å². The van der Waals surface area contributed by atoms with Crippen LogP contribution in [0.2, 0.25) is 5.02 Å². The topological polar surface area (TPSA) is 103 Å². The van der Waals surface area contributed by atoms with Gasteiger partial charge in [-0.25, -0.2) is 4.79 Å². The molecule has 1 aromatic carbocycles. The summed E-state index contributed by atoms with van der Waals surface area (Å²) in [6.07, 6.45) is 3.65. The van der Waals surface area contributed by atoms with Crippen molar-refractivity contribution in [3.8, 4) is 0 Å². The summed E-state index contributed by atoms with van der Waals surface area (Å²) in [6, 6.07) is 6.42. The number of ether oxygens (including phenoxy) is 1. The number of nitrogens with one attached hydrogen (secondary N) is 3. The van der Waals surface area contributed by atoms with Gasteiger partial charge in [0.15, 0.2) is 0 Å². The van der Waals surface area contributed by atoms with Crippen molar-refractivity contribution in [2.45, 2.75) is 56.3 Å². The van der Waals surface area contributed by atoms with Gasteiger partial charge in [0.2, 0.25) is 11.8 Å². The van der Waals surface area contributed by atoms with Crippen molar-refractivity contribution in [1.82, 2.24) is 20.4 Å². The molecule has 10 heteroatoms. The smallest absolute Gasteiger partial charge is 0.319 e. The van der Waals surface area contributed by atoms with Gasteiger partial charge in [-0.15, -0.1) is 0 Å². The van der Waals surface area contributed by atoms with Crippen LogP contribution in [0.4, 0.5) is 10.5 Å². The second-order valence-electron chi connectivity index (χ2n) is 9.03. The highest BCUT2D eigenvalue weighted by molar-refractivity contribution is 6.30. The molecule has 0 spiro atoms. The molecule has 3 saturated heterocycles. The first-order valence-corrected chi connectivity index (χ1v) is 12.0. The van der Waals surface area contributed by atoms with Gasteiger partial charge in [0.1, 0.15) is 0 Å². The number of carbonyl (C=O) groups is 3. The lowest BCUT2D eigenvalue weighted by Crippen LogP contribution is -2.58. The van der Waals surface area contributed by atoms with Crippen molar-refractivity contribution in [3.63, 3.8) is 0 Å². The summed E-state index contributed by atoms with van der Waals surface area (Å²) in [4.78, 5) is 41.8. The fraction of sp³-hybridized carbons (Fsp3) is 0.609. The first kappa shape index (κ1) is 23.8. The molecule has 0 saturated carbocycles. The zero-order chi connectivity index (χ0) is 23.4. The maximum atomic E-state index is 12.8. The lowest BCUT2D eigenvalue weighted by molar-refractivity contribution is -0.133. The highest BCUT2D eigenvalue weighted by Gasteiger charge is 2.44. The number of benzene rings is 1. The van der Waals surface area contributed by atoms with E-state index in [2.05, 4.69) is 20.9 Å². The van der Waals surface area contributed by atoms with Crippen molar-refractivity contribution in [2.75, 3.05) is 38.7 Å². The second kappa shape index (κ2) is 10.7. The van der Waals surface area contributed by atoms with Gasteiger partial charge in [-0.05, 0) is 43.9 Å². The van der Waals surface area contributed by atoms with Gasteiger partial charge in [-0.1, -0.05) is 17.7 Å². The molecular formula is C23H32ClN5O4. The first-order valence-electron chi connectivity index (χ1n) is 11.6. The number of hydrogen-bond donors (Lipinski definition) is 3. The van der Waals surface area contributed by atoms with Crippen LogP contribution in [0.5, 0.6) is 0 Å². The molecule has 3 fully saturated rings. The van der Waals surface area contributed by atoms with Crippen LogP contribution in [0.15, 0.2) is 24.3 Å². The molecule has 3 heterocycles. The van der Waals surface area contributed by atoms with Crippen LogP contribution >= 0.6 is 11.6 Å². The quantitative estimate of drug-likeness (QED) is 0.556. The van der Waals surface area contributed by atoms with E-state index in [9.17, 15) is 14.4 Å². The molecule has 33 heavy (non-hydrogen) atoms. The van der Waals surface area contributed by atoms with Gasteiger partial charge in [0, 0.05) is 56.0 Å². The van der Waals surface area contributed by atoms with Crippen molar-refractivity contribution in [1.29, 1.82) is 0 Å². The largest absolute Gasteiger partial charge is 0.383 e. The highest BCUT2D eigenvalue weighted by atomic mass is 35.5. The number of likely N-dealkylation sites (tertiary alicyclic amines) is 1. The molecule has 3 aliphatic rings. The van der Waals surface area contributed by atoms with Gasteiger partial charge in [0.05, 0.1) is 18.7 Å². The lowest BCUT2D eigenvalue weighted by Gasteiger charge is -2.37. The Labute approximate surface area is 199 Å². The van der Waals surface area contributed by atoms with Crippen LogP contribution in [-0.2, 0) is 14.3 Å². The number of carbonyl (C=O) groups excluding carboxylic acids is 3. The zero-order valence-corrected chi connectivity index (χ0v) is 19.6. The molecule has 3 aliphatic heterocycles. The lowest BCUT2D eigenvalue weighted by atomic mass is 10.0. The molecule has 0 radical (unpaired) electrons. The van der Waals surface area contributed by atoms with Crippen LogP contribution in [0.3, 0.4) is 0 Å². The summed E-state index contributed by atoms with van der Waals surface area (Å²) < 4.78 is 5.26. The fourth-order valence-corrected chi connectivity index (χ4v) is 5.42. The Morgan fingerprint density at radius 1 is 1.30 bits per heavy atom. The maximum absolute atomic E-state index is 12.8.